The van der Waals surface area contributed by atoms with E-state index in [0.717, 1.165) is 11.8 Å². The number of aromatic amines is 1. The molecule has 0 saturated carbocycles. The summed E-state index contributed by atoms with van der Waals surface area (Å²) in [5.74, 6) is 0.113. The molecule has 2 aromatic rings. The second-order valence-corrected chi connectivity index (χ2v) is 6.71. The Kier molecular flexibility index (Phi) is 6.97. The van der Waals surface area contributed by atoms with E-state index >= 15 is 0 Å². The number of thioether (sulfide) groups is 1. The molecule has 0 fully saturated rings. The zero-order valence-corrected chi connectivity index (χ0v) is 15.6. The van der Waals surface area contributed by atoms with Gasteiger partial charge in [-0.15, -0.1) is 0 Å². The Morgan fingerprint density at radius 2 is 1.96 bits per heavy atom. The van der Waals surface area contributed by atoms with Crippen LogP contribution in [0.15, 0.2) is 40.3 Å². The predicted molar refractivity (Wildman–Crippen MR) is 97.8 cm³/mol. The number of H-pyrrole nitrogens is 1. The minimum atomic E-state index is -0.488. The average Bonchev–Trinajstić information content (AvgIpc) is 2.61. The molecule has 2 rings (SSSR count). The van der Waals surface area contributed by atoms with E-state index < -0.39 is 11.2 Å². The van der Waals surface area contributed by atoms with E-state index in [4.69, 9.17) is 4.74 Å². The Labute approximate surface area is 155 Å². The molecule has 0 amide bonds. The summed E-state index contributed by atoms with van der Waals surface area (Å²) in [5.41, 5.74) is 0.451. The molecule has 1 heterocycles. The van der Waals surface area contributed by atoms with Gasteiger partial charge in [0.2, 0.25) is 0 Å². The Hall–Kier alpha value is -2.61. The number of ketones is 1. The zero-order valence-electron chi connectivity index (χ0n) is 14.8. The minimum Gasteiger partial charge on any atom is -0.494 e. The number of ether oxygens (including phenoxy) is 2. The first-order valence-electron chi connectivity index (χ1n) is 8.03. The van der Waals surface area contributed by atoms with Gasteiger partial charge in [-0.05, 0) is 38.1 Å². The van der Waals surface area contributed by atoms with Gasteiger partial charge in [0.05, 0.1) is 31.1 Å². The molecule has 0 aliphatic carbocycles. The molecule has 0 radical (unpaired) electrons. The molecule has 1 aromatic carbocycles. The lowest BCUT2D eigenvalue weighted by Gasteiger charge is -2.11. The number of rotatable bonds is 8. The molecule has 0 unspecified atom stereocenters. The largest absolute Gasteiger partial charge is 0.494 e. The molecule has 0 bridgehead atoms. The molecule has 0 aliphatic rings. The summed E-state index contributed by atoms with van der Waals surface area (Å²) in [6.45, 7) is 4.18. The van der Waals surface area contributed by atoms with Gasteiger partial charge in [-0.1, -0.05) is 11.8 Å². The minimum absolute atomic E-state index is 0.0981. The average molecular weight is 376 g/mol. The summed E-state index contributed by atoms with van der Waals surface area (Å²) in [4.78, 5) is 42.4. The van der Waals surface area contributed by atoms with Gasteiger partial charge >= 0.3 is 5.97 Å². The second kappa shape index (κ2) is 9.19. The molecular formula is C18H20N2O5S. The van der Waals surface area contributed by atoms with Gasteiger partial charge in [-0.25, -0.2) is 4.98 Å². The fourth-order valence-corrected chi connectivity index (χ4v) is 3.10. The third-order valence-electron chi connectivity index (χ3n) is 3.43. The highest BCUT2D eigenvalue weighted by molar-refractivity contribution is 8.00. The summed E-state index contributed by atoms with van der Waals surface area (Å²) in [7, 11) is 1.27. The lowest BCUT2D eigenvalue weighted by atomic mass is 10.1. The van der Waals surface area contributed by atoms with Gasteiger partial charge in [0.1, 0.15) is 5.75 Å². The van der Waals surface area contributed by atoms with Crippen molar-refractivity contribution in [3.63, 3.8) is 0 Å². The molecular weight excluding hydrogens is 356 g/mol. The molecule has 1 aromatic heterocycles. The van der Waals surface area contributed by atoms with Crippen molar-refractivity contribution in [1.29, 1.82) is 0 Å². The van der Waals surface area contributed by atoms with Gasteiger partial charge in [-0.2, -0.15) is 0 Å². The zero-order chi connectivity index (χ0) is 19.1. The van der Waals surface area contributed by atoms with Crippen molar-refractivity contribution in [2.75, 3.05) is 13.7 Å². The highest BCUT2D eigenvalue weighted by atomic mass is 32.2. The first-order valence-corrected chi connectivity index (χ1v) is 8.91. The first kappa shape index (κ1) is 19.7. The second-order valence-electron chi connectivity index (χ2n) is 5.38. The van der Waals surface area contributed by atoms with E-state index in [9.17, 15) is 14.4 Å². The van der Waals surface area contributed by atoms with Crippen molar-refractivity contribution in [2.45, 2.75) is 30.7 Å². The number of benzene rings is 1. The van der Waals surface area contributed by atoms with E-state index in [0.29, 0.717) is 23.6 Å². The first-order chi connectivity index (χ1) is 12.4. The number of methoxy groups -OCH3 is 1. The molecule has 26 heavy (non-hydrogen) atoms. The molecule has 0 saturated heterocycles. The number of nitrogens with zero attached hydrogens (tertiary/aromatic N) is 1. The normalized spacial score (nSPS) is 11.7. The van der Waals surface area contributed by atoms with E-state index in [1.165, 1.54) is 13.2 Å². The quantitative estimate of drug-likeness (QED) is 0.326. The van der Waals surface area contributed by atoms with Gasteiger partial charge in [0, 0.05) is 11.6 Å². The van der Waals surface area contributed by atoms with Gasteiger partial charge in [0.25, 0.3) is 5.56 Å². The molecule has 0 spiro atoms. The van der Waals surface area contributed by atoms with Crippen molar-refractivity contribution >= 4 is 23.5 Å². The maximum atomic E-state index is 12.6. The molecule has 138 valence electrons. The number of aromatic nitrogens is 2. The lowest BCUT2D eigenvalue weighted by Crippen LogP contribution is -2.17. The molecule has 0 aliphatic heterocycles. The number of nitrogens with one attached hydrogen (secondary N) is 1. The van der Waals surface area contributed by atoms with Crippen LogP contribution in [0.4, 0.5) is 0 Å². The Bertz CT molecular complexity index is 832. The standard InChI is InChI=1S/C18H20N2O5S/c1-4-25-14-7-5-12(6-8-14)17(23)11(2)26-18-19-13(9-15(21)20-18)10-16(22)24-3/h5-9,11H,4,10H2,1-3H3,(H,19,20,21)/t11-/m1/s1. The van der Waals surface area contributed by atoms with E-state index in [1.54, 1.807) is 31.2 Å². The van der Waals surface area contributed by atoms with Crippen LogP contribution >= 0.6 is 11.8 Å². The van der Waals surface area contributed by atoms with Crippen LogP contribution in [0.25, 0.3) is 0 Å². The third kappa shape index (κ3) is 5.45. The van der Waals surface area contributed by atoms with E-state index in [-0.39, 0.29) is 22.9 Å². The maximum Gasteiger partial charge on any atom is 0.311 e. The van der Waals surface area contributed by atoms with Crippen LogP contribution < -0.4 is 10.3 Å². The van der Waals surface area contributed by atoms with Crippen LogP contribution in [0, 0.1) is 0 Å². The summed E-state index contributed by atoms with van der Waals surface area (Å²) in [5, 5.41) is -0.187. The SMILES string of the molecule is CCOc1ccc(C(=O)[C@@H](C)Sc2nc(CC(=O)OC)cc(=O)[nH]2)cc1. The Morgan fingerprint density at radius 1 is 1.27 bits per heavy atom. The number of carbonyl (C=O) groups excluding carboxylic acids is 2. The van der Waals surface area contributed by atoms with Crippen molar-refractivity contribution in [3.8, 4) is 5.75 Å². The van der Waals surface area contributed by atoms with Crippen molar-refractivity contribution in [1.82, 2.24) is 9.97 Å². The number of esters is 1. The smallest absolute Gasteiger partial charge is 0.311 e. The lowest BCUT2D eigenvalue weighted by molar-refractivity contribution is -0.139. The van der Waals surface area contributed by atoms with Crippen LogP contribution in [0.5, 0.6) is 5.75 Å². The van der Waals surface area contributed by atoms with Crippen molar-refractivity contribution < 1.29 is 19.1 Å². The fourth-order valence-electron chi connectivity index (χ4n) is 2.19. The summed E-state index contributed by atoms with van der Waals surface area (Å²) < 4.78 is 9.94. The topological polar surface area (TPSA) is 98.3 Å². The van der Waals surface area contributed by atoms with Crippen LogP contribution in [-0.2, 0) is 16.0 Å². The van der Waals surface area contributed by atoms with Gasteiger partial charge in [0.15, 0.2) is 10.9 Å². The van der Waals surface area contributed by atoms with Crippen LogP contribution in [0.2, 0.25) is 0 Å². The molecule has 1 N–H and O–H groups in total. The summed E-state index contributed by atoms with van der Waals surface area (Å²) in [6.07, 6.45) is -0.102. The fraction of sp³-hybridized carbons (Fsp3) is 0.333. The summed E-state index contributed by atoms with van der Waals surface area (Å²) >= 11 is 1.12. The molecule has 1 atom stereocenters. The third-order valence-corrected chi connectivity index (χ3v) is 4.42. The maximum absolute atomic E-state index is 12.6. The van der Waals surface area contributed by atoms with Crippen LogP contribution in [0.3, 0.4) is 0 Å². The van der Waals surface area contributed by atoms with E-state index in [2.05, 4.69) is 14.7 Å². The highest BCUT2D eigenvalue weighted by Gasteiger charge is 2.18. The Balaban J connectivity index is 2.10. The monoisotopic (exact) mass is 376 g/mol. The molecule has 8 heteroatoms. The van der Waals surface area contributed by atoms with Gasteiger partial charge < -0.3 is 14.5 Å². The van der Waals surface area contributed by atoms with Crippen molar-refractivity contribution in [3.05, 3.63) is 51.9 Å². The van der Waals surface area contributed by atoms with Crippen molar-refractivity contribution in [2.24, 2.45) is 0 Å². The number of hydrogen-bond donors (Lipinski definition) is 1. The van der Waals surface area contributed by atoms with E-state index in [1.807, 2.05) is 6.92 Å². The number of carbonyl (C=O) groups is 2. The highest BCUT2D eigenvalue weighted by Crippen LogP contribution is 2.23. The number of Topliss-reactive ketones (excluding diaryl/α,β-unsaturated/α-hetero) is 1. The Morgan fingerprint density at radius 3 is 2.58 bits per heavy atom. The predicted octanol–water partition coefficient (Wildman–Crippen LogP) is 2.25. The van der Waals surface area contributed by atoms with Crippen LogP contribution in [-0.4, -0.2) is 40.7 Å². The number of hydrogen-bond acceptors (Lipinski definition) is 7. The van der Waals surface area contributed by atoms with Gasteiger partial charge in [-0.3, -0.25) is 14.4 Å². The summed E-state index contributed by atoms with van der Waals surface area (Å²) in [6, 6.07) is 8.12. The molecule has 7 nitrogen and oxygen atoms in total. The van der Waals surface area contributed by atoms with Crippen LogP contribution in [0.1, 0.15) is 29.9 Å².